The van der Waals surface area contributed by atoms with Crippen molar-refractivity contribution >= 4 is 15.9 Å². The van der Waals surface area contributed by atoms with E-state index >= 15 is 0 Å². The van der Waals surface area contributed by atoms with E-state index in [2.05, 4.69) is 15.0 Å². The quantitative estimate of drug-likeness (QED) is 0.608. The van der Waals surface area contributed by atoms with Gasteiger partial charge in [-0.3, -0.25) is 9.78 Å². The zero-order chi connectivity index (χ0) is 21.0. The third-order valence-electron chi connectivity index (χ3n) is 4.84. The second-order valence-corrected chi connectivity index (χ2v) is 8.70. The molecule has 7 nitrogen and oxygen atoms in total. The van der Waals surface area contributed by atoms with Crippen molar-refractivity contribution < 1.29 is 17.9 Å². The van der Waals surface area contributed by atoms with E-state index in [1.807, 2.05) is 24.3 Å². The van der Waals surface area contributed by atoms with Crippen LogP contribution in [-0.4, -0.2) is 25.9 Å². The molecule has 1 aliphatic heterocycles. The van der Waals surface area contributed by atoms with E-state index in [0.29, 0.717) is 18.7 Å². The van der Waals surface area contributed by atoms with Crippen LogP contribution in [0.15, 0.2) is 71.9 Å². The molecule has 1 aromatic heterocycles. The highest BCUT2D eigenvalue weighted by molar-refractivity contribution is 7.89. The fourth-order valence-electron chi connectivity index (χ4n) is 3.15. The molecule has 0 atom stereocenters. The van der Waals surface area contributed by atoms with Crippen LogP contribution in [0.5, 0.6) is 5.75 Å². The standard InChI is InChI=1S/C22H21N3O4S/c26-22(19-2-1-10-23-15-19)24-13-16-3-5-17(6-4-16)14-25-30(27,28)20-7-8-21-18(12-20)9-11-29-21/h1-8,10,12,15,25H,9,11,13-14H2,(H,24,26). The molecule has 0 spiro atoms. The number of sulfonamides is 1. The number of carbonyl (C=O) groups is 1. The van der Waals surface area contributed by atoms with E-state index in [9.17, 15) is 13.2 Å². The maximum absolute atomic E-state index is 12.6. The second-order valence-electron chi connectivity index (χ2n) is 6.93. The third-order valence-corrected chi connectivity index (χ3v) is 6.24. The summed E-state index contributed by atoms with van der Waals surface area (Å²) in [5.74, 6) is 0.555. The van der Waals surface area contributed by atoms with Gasteiger partial charge in [0.2, 0.25) is 10.0 Å². The Hall–Kier alpha value is -3.23. The molecule has 0 saturated carbocycles. The maximum atomic E-state index is 12.6. The molecule has 0 bridgehead atoms. The highest BCUT2D eigenvalue weighted by Gasteiger charge is 2.19. The number of nitrogens with zero attached hydrogens (tertiary/aromatic N) is 1. The highest BCUT2D eigenvalue weighted by atomic mass is 32.2. The Morgan fingerprint density at radius 3 is 2.53 bits per heavy atom. The van der Waals surface area contributed by atoms with Crippen LogP contribution in [0.4, 0.5) is 0 Å². The fraction of sp³-hybridized carbons (Fsp3) is 0.182. The smallest absolute Gasteiger partial charge is 0.253 e. The predicted molar refractivity (Wildman–Crippen MR) is 112 cm³/mol. The number of amides is 1. The Bertz CT molecular complexity index is 1150. The lowest BCUT2D eigenvalue weighted by molar-refractivity contribution is 0.0950. The van der Waals surface area contributed by atoms with Gasteiger partial charge in [0.1, 0.15) is 5.75 Å². The van der Waals surface area contributed by atoms with E-state index in [-0.39, 0.29) is 17.3 Å². The number of rotatable bonds is 7. The molecule has 0 fully saturated rings. The molecule has 0 saturated heterocycles. The molecule has 1 amide bonds. The molecular weight excluding hydrogens is 402 g/mol. The molecule has 2 aromatic carbocycles. The van der Waals surface area contributed by atoms with Gasteiger partial charge in [0.05, 0.1) is 17.1 Å². The normalized spacial score (nSPS) is 12.8. The van der Waals surface area contributed by atoms with Crippen LogP contribution >= 0.6 is 0 Å². The van der Waals surface area contributed by atoms with Gasteiger partial charge in [-0.15, -0.1) is 0 Å². The van der Waals surface area contributed by atoms with Crippen LogP contribution in [-0.2, 0) is 29.5 Å². The number of ether oxygens (including phenoxy) is 1. The van der Waals surface area contributed by atoms with Crippen molar-refractivity contribution in [3.05, 3.63) is 89.2 Å². The van der Waals surface area contributed by atoms with Crippen LogP contribution in [0.2, 0.25) is 0 Å². The van der Waals surface area contributed by atoms with Crippen LogP contribution in [0.3, 0.4) is 0 Å². The summed E-state index contributed by atoms with van der Waals surface area (Å²) in [6, 6.07) is 15.7. The summed E-state index contributed by atoms with van der Waals surface area (Å²) in [6.07, 6.45) is 3.85. The van der Waals surface area contributed by atoms with Gasteiger partial charge in [-0.25, -0.2) is 13.1 Å². The van der Waals surface area contributed by atoms with Gasteiger partial charge in [-0.05, 0) is 47.0 Å². The largest absolute Gasteiger partial charge is 0.493 e. The van der Waals surface area contributed by atoms with E-state index in [1.165, 1.54) is 6.20 Å². The van der Waals surface area contributed by atoms with Crippen molar-refractivity contribution in [1.82, 2.24) is 15.0 Å². The lowest BCUT2D eigenvalue weighted by atomic mass is 10.1. The summed E-state index contributed by atoms with van der Waals surface area (Å²) in [7, 11) is -3.61. The monoisotopic (exact) mass is 423 g/mol. The first-order valence-corrected chi connectivity index (χ1v) is 11.0. The first-order chi connectivity index (χ1) is 14.5. The number of pyridine rings is 1. The van der Waals surface area contributed by atoms with Crippen molar-refractivity contribution in [2.45, 2.75) is 24.4 Å². The van der Waals surface area contributed by atoms with E-state index in [1.54, 1.807) is 36.5 Å². The number of benzene rings is 2. The first kappa shape index (κ1) is 20.1. The Morgan fingerprint density at radius 2 is 1.80 bits per heavy atom. The highest BCUT2D eigenvalue weighted by Crippen LogP contribution is 2.27. The lowest BCUT2D eigenvalue weighted by Gasteiger charge is -2.09. The Kier molecular flexibility index (Phi) is 5.78. The van der Waals surface area contributed by atoms with Crippen LogP contribution in [0, 0.1) is 0 Å². The number of hydrogen-bond acceptors (Lipinski definition) is 5. The molecule has 154 valence electrons. The Morgan fingerprint density at radius 1 is 1.03 bits per heavy atom. The zero-order valence-electron chi connectivity index (χ0n) is 16.2. The molecule has 0 unspecified atom stereocenters. The molecule has 3 aromatic rings. The second kappa shape index (κ2) is 8.64. The van der Waals surface area contributed by atoms with Crippen molar-refractivity contribution in [1.29, 1.82) is 0 Å². The van der Waals surface area contributed by atoms with Crippen LogP contribution < -0.4 is 14.8 Å². The summed E-state index contributed by atoms with van der Waals surface area (Å²) in [5, 5.41) is 2.83. The van der Waals surface area contributed by atoms with E-state index < -0.39 is 10.0 Å². The van der Waals surface area contributed by atoms with Gasteiger partial charge in [0.25, 0.3) is 5.91 Å². The number of hydrogen-bond donors (Lipinski definition) is 2. The fourth-order valence-corrected chi connectivity index (χ4v) is 4.22. The van der Waals surface area contributed by atoms with Gasteiger partial charge in [0.15, 0.2) is 0 Å². The van der Waals surface area contributed by atoms with Gasteiger partial charge in [-0.1, -0.05) is 24.3 Å². The molecule has 0 radical (unpaired) electrons. The molecule has 2 heterocycles. The van der Waals surface area contributed by atoms with Gasteiger partial charge in [0, 0.05) is 31.9 Å². The summed E-state index contributed by atoms with van der Waals surface area (Å²) in [5.41, 5.74) is 3.15. The Balaban J connectivity index is 1.33. The lowest BCUT2D eigenvalue weighted by Crippen LogP contribution is -2.24. The Labute approximate surface area is 175 Å². The van der Waals surface area contributed by atoms with Gasteiger partial charge in [-0.2, -0.15) is 0 Å². The summed E-state index contributed by atoms with van der Waals surface area (Å²) in [6.45, 7) is 1.14. The van der Waals surface area contributed by atoms with Gasteiger partial charge >= 0.3 is 0 Å². The van der Waals surface area contributed by atoms with Crippen LogP contribution in [0.25, 0.3) is 0 Å². The average molecular weight is 423 g/mol. The SMILES string of the molecule is O=C(NCc1ccc(CNS(=O)(=O)c2ccc3c(c2)CCO3)cc1)c1cccnc1. The summed E-state index contributed by atoms with van der Waals surface area (Å²) in [4.78, 5) is 16.2. The molecule has 2 N–H and O–H groups in total. The molecule has 4 rings (SSSR count). The maximum Gasteiger partial charge on any atom is 0.253 e. The molecule has 1 aliphatic rings. The average Bonchev–Trinajstić information content (AvgIpc) is 3.25. The van der Waals surface area contributed by atoms with Crippen molar-refractivity contribution in [3.8, 4) is 5.75 Å². The van der Waals surface area contributed by atoms with Crippen molar-refractivity contribution in [2.75, 3.05) is 6.61 Å². The van der Waals surface area contributed by atoms with Crippen LogP contribution in [0.1, 0.15) is 27.0 Å². The summed E-state index contributed by atoms with van der Waals surface area (Å²) >= 11 is 0. The molecule has 30 heavy (non-hydrogen) atoms. The number of aromatic nitrogens is 1. The minimum atomic E-state index is -3.61. The number of nitrogens with one attached hydrogen (secondary N) is 2. The first-order valence-electron chi connectivity index (χ1n) is 9.53. The number of carbonyl (C=O) groups excluding carboxylic acids is 1. The van der Waals surface area contributed by atoms with E-state index in [0.717, 1.165) is 28.9 Å². The topological polar surface area (TPSA) is 97.4 Å². The van der Waals surface area contributed by atoms with E-state index in [4.69, 9.17) is 4.74 Å². The van der Waals surface area contributed by atoms with Crippen molar-refractivity contribution in [2.24, 2.45) is 0 Å². The number of fused-ring (bicyclic) bond motifs is 1. The minimum Gasteiger partial charge on any atom is -0.493 e. The zero-order valence-corrected chi connectivity index (χ0v) is 17.0. The summed E-state index contributed by atoms with van der Waals surface area (Å²) < 4.78 is 33.2. The minimum absolute atomic E-state index is 0.179. The van der Waals surface area contributed by atoms with Crippen molar-refractivity contribution in [3.63, 3.8) is 0 Å². The molecule has 0 aliphatic carbocycles. The third kappa shape index (κ3) is 4.67. The molecule has 8 heteroatoms. The predicted octanol–water partition coefficient (Wildman–Crippen LogP) is 2.43. The molecular formula is C22H21N3O4S. The van der Waals surface area contributed by atoms with Gasteiger partial charge < -0.3 is 10.1 Å².